The minimum absolute atomic E-state index is 0.0120. The quantitative estimate of drug-likeness (QED) is 0.794. The van der Waals surface area contributed by atoms with Crippen molar-refractivity contribution in [1.29, 1.82) is 0 Å². The van der Waals surface area contributed by atoms with Gasteiger partial charge in [0.1, 0.15) is 0 Å². The number of rotatable bonds is 7. The van der Waals surface area contributed by atoms with Crippen molar-refractivity contribution in [2.24, 2.45) is 0 Å². The van der Waals surface area contributed by atoms with Crippen molar-refractivity contribution in [2.75, 3.05) is 11.9 Å². The van der Waals surface area contributed by atoms with Crippen LogP contribution in [0.5, 0.6) is 0 Å². The van der Waals surface area contributed by atoms with Gasteiger partial charge in [-0.15, -0.1) is 0 Å². The van der Waals surface area contributed by atoms with Crippen molar-refractivity contribution in [2.45, 2.75) is 56.4 Å². The fraction of sp³-hybridized carbons (Fsp3) is 0.417. The fourth-order valence-corrected chi connectivity index (χ4v) is 4.56. The highest BCUT2D eigenvalue weighted by molar-refractivity contribution is 6.08. The standard InChI is InChI=1S/C24H28N2O2/c1-3-23(15-16-23)25-21(27)13-14-24(17-18-9-5-4-6-10-18)19-11-7-8-12-20(19)26(2)22(24)28/h4-12H,3,13-17H2,1-2H3,(H,25,27). The lowest BCUT2D eigenvalue weighted by Gasteiger charge is -2.29. The van der Waals surface area contributed by atoms with Gasteiger partial charge in [-0.05, 0) is 49.3 Å². The number of fused-ring (bicyclic) bond motifs is 1. The molecule has 1 unspecified atom stereocenters. The molecule has 1 heterocycles. The summed E-state index contributed by atoms with van der Waals surface area (Å²) in [6, 6.07) is 18.1. The zero-order chi connectivity index (χ0) is 19.8. The number of hydrogen-bond acceptors (Lipinski definition) is 2. The molecule has 1 aliphatic carbocycles. The highest BCUT2D eigenvalue weighted by Gasteiger charge is 2.50. The van der Waals surface area contributed by atoms with Crippen LogP contribution in [-0.2, 0) is 21.4 Å². The maximum absolute atomic E-state index is 13.4. The lowest BCUT2D eigenvalue weighted by molar-refractivity contribution is -0.125. The van der Waals surface area contributed by atoms with Crippen LogP contribution in [0.3, 0.4) is 0 Å². The number of anilines is 1. The number of carbonyl (C=O) groups excluding carboxylic acids is 2. The molecule has 28 heavy (non-hydrogen) atoms. The number of nitrogens with one attached hydrogen (secondary N) is 1. The highest BCUT2D eigenvalue weighted by Crippen LogP contribution is 2.46. The van der Waals surface area contributed by atoms with Crippen molar-refractivity contribution in [3.63, 3.8) is 0 Å². The summed E-state index contributed by atoms with van der Waals surface area (Å²) >= 11 is 0. The van der Waals surface area contributed by atoms with Gasteiger partial charge in [-0.25, -0.2) is 0 Å². The van der Waals surface area contributed by atoms with Gasteiger partial charge >= 0.3 is 0 Å². The molecule has 0 saturated heterocycles. The number of para-hydroxylation sites is 1. The molecular formula is C24H28N2O2. The molecule has 1 aliphatic heterocycles. The van der Waals surface area contributed by atoms with Crippen LogP contribution in [0, 0.1) is 0 Å². The molecular weight excluding hydrogens is 348 g/mol. The van der Waals surface area contributed by atoms with Crippen molar-refractivity contribution in [3.8, 4) is 0 Å². The Morgan fingerprint density at radius 1 is 1.07 bits per heavy atom. The van der Waals surface area contributed by atoms with Crippen LogP contribution in [0.15, 0.2) is 54.6 Å². The van der Waals surface area contributed by atoms with E-state index in [0.29, 0.717) is 19.3 Å². The second kappa shape index (κ2) is 7.08. The van der Waals surface area contributed by atoms with E-state index in [1.54, 1.807) is 4.90 Å². The first-order chi connectivity index (χ1) is 13.5. The Balaban J connectivity index is 1.63. The summed E-state index contributed by atoms with van der Waals surface area (Å²) in [4.78, 5) is 27.9. The predicted octanol–water partition coefficient (Wildman–Crippen LogP) is 3.98. The van der Waals surface area contributed by atoms with E-state index >= 15 is 0 Å². The molecule has 0 spiro atoms. The van der Waals surface area contributed by atoms with Crippen LogP contribution in [0.25, 0.3) is 0 Å². The van der Waals surface area contributed by atoms with Gasteiger partial charge in [0.2, 0.25) is 11.8 Å². The molecule has 0 radical (unpaired) electrons. The second-order valence-corrected chi connectivity index (χ2v) is 8.31. The maximum Gasteiger partial charge on any atom is 0.237 e. The molecule has 0 bridgehead atoms. The average molecular weight is 377 g/mol. The monoisotopic (exact) mass is 376 g/mol. The number of benzene rings is 2. The van der Waals surface area contributed by atoms with E-state index in [4.69, 9.17) is 0 Å². The van der Waals surface area contributed by atoms with E-state index < -0.39 is 5.41 Å². The van der Waals surface area contributed by atoms with E-state index in [-0.39, 0.29) is 17.4 Å². The first kappa shape index (κ1) is 18.7. The third kappa shape index (κ3) is 3.21. The van der Waals surface area contributed by atoms with Crippen molar-refractivity contribution < 1.29 is 9.59 Å². The predicted molar refractivity (Wildman–Crippen MR) is 111 cm³/mol. The minimum atomic E-state index is -0.688. The summed E-state index contributed by atoms with van der Waals surface area (Å²) in [6.07, 6.45) is 4.60. The lowest BCUT2D eigenvalue weighted by Crippen LogP contribution is -2.42. The van der Waals surface area contributed by atoms with Gasteiger partial charge in [-0.3, -0.25) is 9.59 Å². The molecule has 2 aromatic rings. The first-order valence-electron chi connectivity index (χ1n) is 10.2. The van der Waals surface area contributed by atoms with Gasteiger partial charge in [0.05, 0.1) is 5.41 Å². The number of likely N-dealkylation sites (N-methyl/N-ethyl adjacent to an activating group) is 1. The molecule has 1 N–H and O–H groups in total. The van der Waals surface area contributed by atoms with E-state index in [9.17, 15) is 9.59 Å². The van der Waals surface area contributed by atoms with E-state index in [1.165, 1.54) is 0 Å². The molecule has 4 nitrogen and oxygen atoms in total. The van der Waals surface area contributed by atoms with Crippen molar-refractivity contribution >= 4 is 17.5 Å². The summed E-state index contributed by atoms with van der Waals surface area (Å²) in [7, 11) is 1.84. The molecule has 0 aromatic heterocycles. The lowest BCUT2D eigenvalue weighted by atomic mass is 9.73. The summed E-state index contributed by atoms with van der Waals surface area (Å²) in [5, 5.41) is 3.21. The molecule has 1 fully saturated rings. The van der Waals surface area contributed by atoms with Crippen LogP contribution in [0.4, 0.5) is 5.69 Å². The Kier molecular flexibility index (Phi) is 4.74. The average Bonchev–Trinajstić information content (AvgIpc) is 3.47. The summed E-state index contributed by atoms with van der Waals surface area (Å²) in [5.74, 6) is 0.147. The molecule has 1 saturated carbocycles. The summed E-state index contributed by atoms with van der Waals surface area (Å²) in [6.45, 7) is 2.12. The van der Waals surface area contributed by atoms with Gasteiger partial charge in [-0.2, -0.15) is 0 Å². The fourth-order valence-electron chi connectivity index (χ4n) is 4.56. The SMILES string of the molecule is CCC1(NC(=O)CCC2(Cc3ccccc3)C(=O)N(C)c3ccccc32)CC1. The van der Waals surface area contributed by atoms with Gasteiger partial charge in [-0.1, -0.05) is 55.5 Å². The van der Waals surface area contributed by atoms with Gasteiger partial charge in [0.25, 0.3) is 0 Å². The third-order valence-electron chi connectivity index (χ3n) is 6.56. The van der Waals surface area contributed by atoms with Crippen LogP contribution < -0.4 is 10.2 Å². The molecule has 2 aliphatic rings. The normalized spacial score (nSPS) is 22.1. The number of hydrogen-bond donors (Lipinski definition) is 1. The summed E-state index contributed by atoms with van der Waals surface area (Å²) in [5.41, 5.74) is 2.44. The highest BCUT2D eigenvalue weighted by atomic mass is 16.2. The Labute approximate surface area is 166 Å². The molecule has 4 heteroatoms. The van der Waals surface area contributed by atoms with Crippen LogP contribution in [0.1, 0.15) is 50.2 Å². The molecule has 2 amide bonds. The maximum atomic E-state index is 13.4. The summed E-state index contributed by atoms with van der Waals surface area (Å²) < 4.78 is 0. The largest absolute Gasteiger partial charge is 0.351 e. The van der Waals surface area contributed by atoms with Gasteiger partial charge < -0.3 is 10.2 Å². The Bertz CT molecular complexity index is 888. The molecule has 2 aromatic carbocycles. The van der Waals surface area contributed by atoms with E-state index in [2.05, 4.69) is 24.4 Å². The Hall–Kier alpha value is -2.62. The van der Waals surface area contributed by atoms with Crippen molar-refractivity contribution in [3.05, 3.63) is 65.7 Å². The second-order valence-electron chi connectivity index (χ2n) is 8.31. The third-order valence-corrected chi connectivity index (χ3v) is 6.56. The topological polar surface area (TPSA) is 49.4 Å². The van der Waals surface area contributed by atoms with Gasteiger partial charge in [0, 0.05) is 24.7 Å². The van der Waals surface area contributed by atoms with Crippen molar-refractivity contribution in [1.82, 2.24) is 5.32 Å². The molecule has 1 atom stereocenters. The van der Waals surface area contributed by atoms with Crippen LogP contribution in [-0.4, -0.2) is 24.4 Å². The van der Waals surface area contributed by atoms with E-state index in [0.717, 1.165) is 36.1 Å². The molecule has 146 valence electrons. The number of amides is 2. The number of nitrogens with zero attached hydrogens (tertiary/aromatic N) is 1. The van der Waals surface area contributed by atoms with Crippen LogP contribution in [0.2, 0.25) is 0 Å². The van der Waals surface area contributed by atoms with Crippen LogP contribution >= 0.6 is 0 Å². The minimum Gasteiger partial charge on any atom is -0.351 e. The van der Waals surface area contributed by atoms with E-state index in [1.807, 2.05) is 49.5 Å². The smallest absolute Gasteiger partial charge is 0.237 e. The Morgan fingerprint density at radius 3 is 2.43 bits per heavy atom. The first-order valence-corrected chi connectivity index (χ1v) is 10.2. The van der Waals surface area contributed by atoms with Gasteiger partial charge in [0.15, 0.2) is 0 Å². The zero-order valence-electron chi connectivity index (χ0n) is 16.7. The number of carbonyl (C=O) groups is 2. The Morgan fingerprint density at radius 2 is 1.75 bits per heavy atom. The molecule has 4 rings (SSSR count). The zero-order valence-corrected chi connectivity index (χ0v) is 16.7.